The SMILES string of the molecule is CC(C)(C)O.CCOC(=O)Cc1c(C)cc2nc(-c3ccc4c(c3)CN(C)C4=O)sc2c1-c1ccc(Cl)cc1. The Balaban J connectivity index is 0.000000648. The zero-order valence-electron chi connectivity index (χ0n) is 23.1. The molecule has 0 spiro atoms. The predicted molar refractivity (Wildman–Crippen MR) is 158 cm³/mol. The van der Waals surface area contributed by atoms with Gasteiger partial charge in [0.05, 0.1) is 28.8 Å². The quantitative estimate of drug-likeness (QED) is 0.262. The number of thiazole rings is 1. The average molecular weight is 565 g/mol. The van der Waals surface area contributed by atoms with Crippen LogP contribution in [0.1, 0.15) is 54.7 Å². The first-order valence-corrected chi connectivity index (χ1v) is 14.0. The van der Waals surface area contributed by atoms with E-state index < -0.39 is 5.60 Å². The fraction of sp³-hybridized carbons (Fsp3) is 0.323. The lowest BCUT2D eigenvalue weighted by molar-refractivity contribution is -0.142. The minimum atomic E-state index is -0.500. The van der Waals surface area contributed by atoms with Gasteiger partial charge in [-0.3, -0.25) is 9.59 Å². The molecular weight excluding hydrogens is 532 g/mol. The summed E-state index contributed by atoms with van der Waals surface area (Å²) in [5, 5.41) is 10.1. The number of carbonyl (C=O) groups is 2. The van der Waals surface area contributed by atoms with Crippen LogP contribution in [0.4, 0.5) is 0 Å². The molecular formula is C31H33ClN2O4S. The summed E-state index contributed by atoms with van der Waals surface area (Å²) in [5.41, 5.74) is 7.02. The van der Waals surface area contributed by atoms with Crippen molar-refractivity contribution in [2.24, 2.45) is 0 Å². The Morgan fingerprint density at radius 1 is 1.13 bits per heavy atom. The van der Waals surface area contributed by atoms with Crippen molar-refractivity contribution in [1.29, 1.82) is 0 Å². The number of nitrogens with zero attached hydrogens (tertiary/aromatic N) is 2. The standard InChI is InChI=1S/C27H23ClN2O3S.C4H10O/c1-4-33-23(31)13-21-15(2)11-22-25(24(21)16-5-8-19(28)9-6-16)34-26(29-22)17-7-10-20-18(12-17)14-30(3)27(20)32;1-4(2,3)5/h5-12H,4,13-14H2,1-3H3;5H,1-3H3. The number of amides is 1. The van der Waals surface area contributed by atoms with Crippen LogP contribution >= 0.6 is 22.9 Å². The number of carbonyl (C=O) groups excluding carboxylic acids is 2. The highest BCUT2D eigenvalue weighted by Gasteiger charge is 2.25. The van der Waals surface area contributed by atoms with E-state index in [4.69, 9.17) is 26.4 Å². The third kappa shape index (κ3) is 6.67. The Kier molecular flexibility index (Phi) is 8.45. The van der Waals surface area contributed by atoms with Crippen LogP contribution in [0.2, 0.25) is 5.02 Å². The summed E-state index contributed by atoms with van der Waals surface area (Å²) in [6.45, 7) is 9.99. The Morgan fingerprint density at radius 2 is 1.77 bits per heavy atom. The summed E-state index contributed by atoms with van der Waals surface area (Å²) in [5.74, 6) is -0.201. The number of hydrogen-bond acceptors (Lipinski definition) is 6. The molecule has 3 aromatic carbocycles. The molecule has 4 aromatic rings. The van der Waals surface area contributed by atoms with Crippen LogP contribution in [0.25, 0.3) is 31.9 Å². The molecule has 0 bridgehead atoms. The number of aliphatic hydroxyl groups is 1. The lowest BCUT2D eigenvalue weighted by Crippen LogP contribution is -2.17. The number of rotatable bonds is 5. The summed E-state index contributed by atoms with van der Waals surface area (Å²) in [6, 6.07) is 15.6. The van der Waals surface area contributed by atoms with E-state index in [0.717, 1.165) is 54.2 Å². The van der Waals surface area contributed by atoms with Crippen molar-refractivity contribution in [1.82, 2.24) is 9.88 Å². The van der Waals surface area contributed by atoms with Gasteiger partial charge in [-0.25, -0.2) is 4.98 Å². The third-order valence-corrected chi connectivity index (χ3v) is 7.50. The molecule has 0 fully saturated rings. The topological polar surface area (TPSA) is 79.7 Å². The Bertz CT molecular complexity index is 1530. The molecule has 1 amide bonds. The van der Waals surface area contributed by atoms with Gasteiger partial charge in [-0.15, -0.1) is 11.3 Å². The number of halogens is 1. The number of benzene rings is 3. The second-order valence-corrected chi connectivity index (χ2v) is 12.0. The molecule has 1 aliphatic heterocycles. The maximum absolute atomic E-state index is 12.4. The fourth-order valence-corrected chi connectivity index (χ4v) is 5.72. The molecule has 0 saturated carbocycles. The minimum Gasteiger partial charge on any atom is -0.466 e. The molecule has 1 aromatic heterocycles. The summed E-state index contributed by atoms with van der Waals surface area (Å²) in [6.07, 6.45) is 0.189. The normalized spacial score (nSPS) is 12.8. The van der Waals surface area contributed by atoms with Crippen molar-refractivity contribution in [2.75, 3.05) is 13.7 Å². The van der Waals surface area contributed by atoms with Gasteiger partial charge in [0.2, 0.25) is 0 Å². The van der Waals surface area contributed by atoms with Crippen LogP contribution in [-0.4, -0.2) is 46.1 Å². The highest BCUT2D eigenvalue weighted by atomic mass is 35.5. The molecule has 8 heteroatoms. The molecule has 204 valence electrons. The van der Waals surface area contributed by atoms with Crippen LogP contribution < -0.4 is 0 Å². The molecule has 0 saturated heterocycles. The van der Waals surface area contributed by atoms with E-state index in [1.54, 1.807) is 37.0 Å². The maximum Gasteiger partial charge on any atom is 0.310 e. The van der Waals surface area contributed by atoms with E-state index in [1.165, 1.54) is 0 Å². The molecule has 0 radical (unpaired) electrons. The van der Waals surface area contributed by atoms with Crippen molar-refractivity contribution >= 4 is 45.0 Å². The lowest BCUT2D eigenvalue weighted by atomic mass is 9.93. The van der Waals surface area contributed by atoms with Gasteiger partial charge >= 0.3 is 5.97 Å². The van der Waals surface area contributed by atoms with Crippen LogP contribution in [0.5, 0.6) is 0 Å². The van der Waals surface area contributed by atoms with Gasteiger partial charge in [-0.2, -0.15) is 0 Å². The fourth-order valence-electron chi connectivity index (χ4n) is 4.46. The number of hydrogen-bond donors (Lipinski definition) is 1. The second-order valence-electron chi connectivity index (χ2n) is 10.6. The van der Waals surface area contributed by atoms with Gasteiger partial charge in [0.25, 0.3) is 5.91 Å². The summed E-state index contributed by atoms with van der Waals surface area (Å²) < 4.78 is 6.26. The van der Waals surface area contributed by atoms with Crippen LogP contribution in [0, 0.1) is 6.92 Å². The molecule has 0 atom stereocenters. The largest absolute Gasteiger partial charge is 0.466 e. The Morgan fingerprint density at radius 3 is 2.41 bits per heavy atom. The van der Waals surface area contributed by atoms with Gasteiger partial charge in [-0.05, 0) is 87.2 Å². The molecule has 5 rings (SSSR count). The molecule has 0 unspecified atom stereocenters. The van der Waals surface area contributed by atoms with Gasteiger partial charge < -0.3 is 14.7 Å². The molecule has 1 N–H and O–H groups in total. The van der Waals surface area contributed by atoms with E-state index in [9.17, 15) is 9.59 Å². The summed E-state index contributed by atoms with van der Waals surface area (Å²) in [4.78, 5) is 31.4. The first-order valence-electron chi connectivity index (χ1n) is 12.8. The van der Waals surface area contributed by atoms with Gasteiger partial charge in [0, 0.05) is 35.3 Å². The van der Waals surface area contributed by atoms with E-state index >= 15 is 0 Å². The molecule has 1 aliphatic rings. The van der Waals surface area contributed by atoms with Crippen molar-refractivity contribution in [2.45, 2.75) is 53.2 Å². The first-order chi connectivity index (χ1) is 18.4. The zero-order valence-corrected chi connectivity index (χ0v) is 24.7. The molecule has 2 heterocycles. The van der Waals surface area contributed by atoms with Gasteiger partial charge in [0.15, 0.2) is 0 Å². The Labute approximate surface area is 238 Å². The van der Waals surface area contributed by atoms with E-state index in [0.29, 0.717) is 18.2 Å². The van der Waals surface area contributed by atoms with Crippen molar-refractivity contribution < 1.29 is 19.4 Å². The number of aryl methyl sites for hydroxylation is 1. The number of fused-ring (bicyclic) bond motifs is 2. The monoisotopic (exact) mass is 564 g/mol. The van der Waals surface area contributed by atoms with Crippen LogP contribution in [-0.2, 0) is 22.5 Å². The van der Waals surface area contributed by atoms with Crippen molar-refractivity contribution in [3.05, 3.63) is 75.8 Å². The minimum absolute atomic E-state index is 0.0510. The highest BCUT2D eigenvalue weighted by molar-refractivity contribution is 7.22. The number of ether oxygens (including phenoxy) is 1. The molecule has 6 nitrogen and oxygen atoms in total. The highest BCUT2D eigenvalue weighted by Crippen LogP contribution is 2.41. The van der Waals surface area contributed by atoms with E-state index in [-0.39, 0.29) is 18.3 Å². The number of aromatic nitrogens is 1. The average Bonchev–Trinajstić information content (AvgIpc) is 3.39. The Hall–Kier alpha value is -3.26. The summed E-state index contributed by atoms with van der Waals surface area (Å²) >= 11 is 7.75. The van der Waals surface area contributed by atoms with Gasteiger partial charge in [-0.1, -0.05) is 29.8 Å². The summed E-state index contributed by atoms with van der Waals surface area (Å²) in [7, 11) is 1.81. The predicted octanol–water partition coefficient (Wildman–Crippen LogP) is 7.06. The van der Waals surface area contributed by atoms with Gasteiger partial charge in [0.1, 0.15) is 5.01 Å². The number of esters is 1. The first kappa shape index (κ1) is 28.7. The van der Waals surface area contributed by atoms with E-state index in [1.807, 2.05) is 63.4 Å². The maximum atomic E-state index is 12.4. The van der Waals surface area contributed by atoms with Crippen molar-refractivity contribution in [3.63, 3.8) is 0 Å². The van der Waals surface area contributed by atoms with E-state index in [2.05, 4.69) is 6.07 Å². The molecule has 39 heavy (non-hydrogen) atoms. The van der Waals surface area contributed by atoms with Crippen LogP contribution in [0.15, 0.2) is 48.5 Å². The van der Waals surface area contributed by atoms with Crippen molar-refractivity contribution in [3.8, 4) is 21.7 Å². The lowest BCUT2D eigenvalue weighted by Gasteiger charge is -2.14. The zero-order chi connectivity index (χ0) is 28.5. The second kappa shape index (κ2) is 11.5. The molecule has 0 aliphatic carbocycles. The van der Waals surface area contributed by atoms with Crippen LogP contribution in [0.3, 0.4) is 0 Å². The third-order valence-electron chi connectivity index (χ3n) is 6.11. The smallest absolute Gasteiger partial charge is 0.310 e.